The molecule has 1 amide bonds. The van der Waals surface area contributed by atoms with Crippen molar-refractivity contribution in [2.24, 2.45) is 5.92 Å². The topological polar surface area (TPSA) is 45.5 Å². The molecule has 1 aromatic heterocycles. The van der Waals surface area contributed by atoms with E-state index < -0.39 is 0 Å². The Morgan fingerprint density at radius 3 is 2.81 bits per heavy atom. The number of carbonyl (C=O) groups excluding carboxylic acids is 1. The van der Waals surface area contributed by atoms with Crippen molar-refractivity contribution in [3.05, 3.63) is 58.5 Å². The van der Waals surface area contributed by atoms with E-state index in [0.29, 0.717) is 18.9 Å². The predicted octanol–water partition coefficient (Wildman–Crippen LogP) is 4.55. The maximum Gasteiger partial charge on any atom is 0.220 e. The Morgan fingerprint density at radius 1 is 1.27 bits per heavy atom. The molecular formula is C21H27ClN2O2. The van der Waals surface area contributed by atoms with Crippen molar-refractivity contribution < 1.29 is 9.21 Å². The van der Waals surface area contributed by atoms with Gasteiger partial charge in [0.05, 0.1) is 6.54 Å². The Kier molecular flexibility index (Phi) is 6.75. The van der Waals surface area contributed by atoms with Crippen molar-refractivity contribution in [2.75, 3.05) is 13.1 Å². The quantitative estimate of drug-likeness (QED) is 0.773. The first-order chi connectivity index (χ1) is 12.6. The van der Waals surface area contributed by atoms with Gasteiger partial charge < -0.3 is 9.73 Å². The van der Waals surface area contributed by atoms with Gasteiger partial charge >= 0.3 is 0 Å². The smallest absolute Gasteiger partial charge is 0.220 e. The van der Waals surface area contributed by atoms with Crippen molar-refractivity contribution in [2.45, 2.75) is 45.7 Å². The van der Waals surface area contributed by atoms with Gasteiger partial charge in [-0.1, -0.05) is 23.7 Å². The number of nitrogens with zero attached hydrogens (tertiary/aromatic N) is 1. The van der Waals surface area contributed by atoms with Crippen LogP contribution < -0.4 is 5.32 Å². The van der Waals surface area contributed by atoms with E-state index in [0.717, 1.165) is 42.6 Å². The summed E-state index contributed by atoms with van der Waals surface area (Å²) in [6, 6.07) is 11.9. The van der Waals surface area contributed by atoms with Crippen LogP contribution in [-0.4, -0.2) is 23.9 Å². The number of rotatable bonds is 7. The number of carbonyl (C=O) groups is 1. The number of hydrogen-bond acceptors (Lipinski definition) is 3. The highest BCUT2D eigenvalue weighted by Crippen LogP contribution is 2.23. The second kappa shape index (κ2) is 9.24. The van der Waals surface area contributed by atoms with Crippen LogP contribution in [0.5, 0.6) is 0 Å². The Labute approximate surface area is 160 Å². The van der Waals surface area contributed by atoms with Gasteiger partial charge in [0, 0.05) is 24.5 Å². The van der Waals surface area contributed by atoms with E-state index in [1.54, 1.807) is 0 Å². The molecule has 0 bridgehead atoms. The maximum atomic E-state index is 12.1. The number of benzene rings is 1. The van der Waals surface area contributed by atoms with Crippen LogP contribution in [0.2, 0.25) is 5.02 Å². The van der Waals surface area contributed by atoms with E-state index in [1.807, 2.05) is 31.2 Å². The van der Waals surface area contributed by atoms with Crippen LogP contribution in [0.25, 0.3) is 0 Å². The van der Waals surface area contributed by atoms with E-state index in [2.05, 4.69) is 22.3 Å². The van der Waals surface area contributed by atoms with Crippen LogP contribution in [0.1, 0.15) is 42.8 Å². The largest absolute Gasteiger partial charge is 0.465 e. The van der Waals surface area contributed by atoms with E-state index >= 15 is 0 Å². The highest BCUT2D eigenvalue weighted by Gasteiger charge is 2.20. The average molecular weight is 375 g/mol. The zero-order valence-electron chi connectivity index (χ0n) is 15.3. The normalized spacial score (nSPS) is 18.0. The SMILES string of the molecule is Cc1ccc(CNC(=O)CC[C@H]2CCCN(Cc3ccc(Cl)cc3)C2)o1. The standard InChI is InChI=1S/C21H27ClN2O2/c1-16-4-10-20(26-16)13-23-21(25)11-7-17-3-2-12-24(14-17)15-18-5-8-19(22)9-6-18/h4-6,8-10,17H,2-3,7,11-15H2,1H3,(H,23,25)/t17-/m1/s1. The molecule has 0 saturated carbocycles. The molecule has 4 nitrogen and oxygen atoms in total. The Hall–Kier alpha value is -1.78. The summed E-state index contributed by atoms with van der Waals surface area (Å²) >= 11 is 5.96. The average Bonchev–Trinajstić information content (AvgIpc) is 3.06. The van der Waals surface area contributed by atoms with Crippen LogP contribution in [-0.2, 0) is 17.9 Å². The lowest BCUT2D eigenvalue weighted by Gasteiger charge is -2.32. The molecule has 1 aliphatic heterocycles. The monoisotopic (exact) mass is 374 g/mol. The highest BCUT2D eigenvalue weighted by atomic mass is 35.5. The summed E-state index contributed by atoms with van der Waals surface area (Å²) in [6.45, 7) is 5.53. The summed E-state index contributed by atoms with van der Waals surface area (Å²) in [4.78, 5) is 14.6. The summed E-state index contributed by atoms with van der Waals surface area (Å²) in [5.41, 5.74) is 1.29. The fourth-order valence-corrected chi connectivity index (χ4v) is 3.69. The molecule has 1 fully saturated rings. The van der Waals surface area contributed by atoms with Gasteiger partial charge in [0.25, 0.3) is 0 Å². The number of nitrogens with one attached hydrogen (secondary N) is 1. The molecule has 0 spiro atoms. The van der Waals surface area contributed by atoms with Crippen LogP contribution in [0.15, 0.2) is 40.8 Å². The zero-order chi connectivity index (χ0) is 18.4. The fraction of sp³-hybridized carbons (Fsp3) is 0.476. The summed E-state index contributed by atoms with van der Waals surface area (Å²) in [5.74, 6) is 2.38. The number of amides is 1. The molecule has 2 aromatic rings. The summed E-state index contributed by atoms with van der Waals surface area (Å²) in [7, 11) is 0. The van der Waals surface area contributed by atoms with Gasteiger partial charge in [-0.15, -0.1) is 0 Å². The van der Waals surface area contributed by atoms with Crippen LogP contribution >= 0.6 is 11.6 Å². The van der Waals surface area contributed by atoms with Crippen molar-refractivity contribution in [1.29, 1.82) is 0 Å². The molecule has 26 heavy (non-hydrogen) atoms. The molecule has 3 rings (SSSR count). The van der Waals surface area contributed by atoms with Gasteiger partial charge in [0.2, 0.25) is 5.91 Å². The molecule has 0 radical (unpaired) electrons. The van der Waals surface area contributed by atoms with Gasteiger partial charge in [0.15, 0.2) is 0 Å². The summed E-state index contributed by atoms with van der Waals surface area (Å²) in [5, 5.41) is 3.73. The number of aryl methyl sites for hydroxylation is 1. The zero-order valence-corrected chi connectivity index (χ0v) is 16.1. The van der Waals surface area contributed by atoms with E-state index in [4.69, 9.17) is 16.0 Å². The molecule has 0 aliphatic carbocycles. The lowest BCUT2D eigenvalue weighted by molar-refractivity contribution is -0.121. The molecule has 2 heterocycles. The second-order valence-corrected chi connectivity index (χ2v) is 7.63. The minimum Gasteiger partial charge on any atom is -0.465 e. The first-order valence-electron chi connectivity index (χ1n) is 9.37. The maximum absolute atomic E-state index is 12.1. The van der Waals surface area contributed by atoms with E-state index in [9.17, 15) is 4.79 Å². The first kappa shape index (κ1) is 19.0. The third kappa shape index (κ3) is 5.89. The van der Waals surface area contributed by atoms with Crippen molar-refractivity contribution in [3.63, 3.8) is 0 Å². The third-order valence-corrected chi connectivity index (χ3v) is 5.21. The number of halogens is 1. The van der Waals surface area contributed by atoms with Crippen molar-refractivity contribution in [1.82, 2.24) is 10.2 Å². The molecular weight excluding hydrogens is 348 g/mol. The van der Waals surface area contributed by atoms with Crippen LogP contribution in [0, 0.1) is 12.8 Å². The summed E-state index contributed by atoms with van der Waals surface area (Å²) in [6.07, 6.45) is 3.94. The lowest BCUT2D eigenvalue weighted by atomic mass is 9.93. The van der Waals surface area contributed by atoms with E-state index in [1.165, 1.54) is 18.4 Å². The molecule has 1 atom stereocenters. The van der Waals surface area contributed by atoms with Gasteiger partial charge in [-0.3, -0.25) is 9.69 Å². The Balaban J connectivity index is 1.38. The van der Waals surface area contributed by atoms with Crippen LogP contribution in [0.3, 0.4) is 0 Å². The van der Waals surface area contributed by atoms with Crippen molar-refractivity contribution in [3.8, 4) is 0 Å². The number of likely N-dealkylation sites (tertiary alicyclic amines) is 1. The molecule has 0 unspecified atom stereocenters. The lowest BCUT2D eigenvalue weighted by Crippen LogP contribution is -2.35. The Morgan fingerprint density at radius 2 is 2.08 bits per heavy atom. The fourth-order valence-electron chi connectivity index (χ4n) is 3.57. The van der Waals surface area contributed by atoms with Crippen LogP contribution in [0.4, 0.5) is 0 Å². The minimum atomic E-state index is 0.105. The Bertz CT molecular complexity index is 711. The third-order valence-electron chi connectivity index (χ3n) is 4.96. The second-order valence-electron chi connectivity index (χ2n) is 7.20. The first-order valence-corrected chi connectivity index (χ1v) is 9.75. The van der Waals surface area contributed by atoms with Crippen molar-refractivity contribution >= 4 is 17.5 Å². The minimum absolute atomic E-state index is 0.105. The molecule has 1 saturated heterocycles. The molecule has 140 valence electrons. The highest BCUT2D eigenvalue weighted by molar-refractivity contribution is 6.30. The number of piperidine rings is 1. The molecule has 1 aromatic carbocycles. The predicted molar refractivity (Wildman–Crippen MR) is 104 cm³/mol. The van der Waals surface area contributed by atoms with Gasteiger partial charge in [-0.05, 0) is 68.5 Å². The molecule has 5 heteroatoms. The summed E-state index contributed by atoms with van der Waals surface area (Å²) < 4.78 is 5.48. The van der Waals surface area contributed by atoms with Gasteiger partial charge in [-0.2, -0.15) is 0 Å². The van der Waals surface area contributed by atoms with E-state index in [-0.39, 0.29) is 5.91 Å². The molecule has 1 N–H and O–H groups in total. The molecule has 1 aliphatic rings. The number of hydrogen-bond donors (Lipinski definition) is 1. The number of furan rings is 1. The van der Waals surface area contributed by atoms with Gasteiger partial charge in [0.1, 0.15) is 11.5 Å². The van der Waals surface area contributed by atoms with Gasteiger partial charge in [-0.25, -0.2) is 0 Å².